The third-order valence-corrected chi connectivity index (χ3v) is 4.13. The molecule has 3 rings (SSSR count). The van der Waals surface area contributed by atoms with Gasteiger partial charge in [-0.15, -0.1) is 0 Å². The van der Waals surface area contributed by atoms with E-state index in [2.05, 4.69) is 10.4 Å². The minimum atomic E-state index is -0.844. The molecule has 1 aromatic heterocycles. The maximum atomic E-state index is 12.3. The van der Waals surface area contributed by atoms with Crippen LogP contribution in [0.25, 0.3) is 0 Å². The molecule has 2 heterocycles. The molecule has 1 atom stereocenters. The van der Waals surface area contributed by atoms with E-state index in [1.165, 1.54) is 0 Å². The zero-order valence-electron chi connectivity index (χ0n) is 13.3. The number of carboxylic acid groups (broad SMARTS) is 1. The van der Waals surface area contributed by atoms with Crippen molar-refractivity contribution in [2.75, 3.05) is 18.4 Å². The minimum Gasteiger partial charge on any atom is -0.481 e. The number of hydrogen-bond donors (Lipinski definition) is 2. The van der Waals surface area contributed by atoms with E-state index < -0.39 is 11.9 Å². The maximum absolute atomic E-state index is 12.3. The number of likely N-dealkylation sites (tertiary alicyclic amines) is 1. The molecule has 2 amide bonds. The zero-order valence-corrected chi connectivity index (χ0v) is 13.3. The van der Waals surface area contributed by atoms with E-state index in [1.54, 1.807) is 22.0 Å². The van der Waals surface area contributed by atoms with Crippen molar-refractivity contribution in [1.82, 2.24) is 14.7 Å². The molecule has 1 unspecified atom stereocenters. The van der Waals surface area contributed by atoms with Crippen molar-refractivity contribution in [1.29, 1.82) is 0 Å². The van der Waals surface area contributed by atoms with Crippen LogP contribution < -0.4 is 5.32 Å². The van der Waals surface area contributed by atoms with Gasteiger partial charge in [-0.05, 0) is 18.4 Å². The summed E-state index contributed by atoms with van der Waals surface area (Å²) in [6.45, 7) is 1.45. The molecular weight excluding hydrogens is 308 g/mol. The summed E-state index contributed by atoms with van der Waals surface area (Å²) in [4.78, 5) is 24.9. The number of carboxylic acids is 1. The molecule has 7 heteroatoms. The van der Waals surface area contributed by atoms with Crippen LogP contribution in [0.4, 0.5) is 10.5 Å². The van der Waals surface area contributed by atoms with Crippen LogP contribution in [0.15, 0.2) is 42.7 Å². The number of carbonyl (C=O) groups excluding carboxylic acids is 1. The van der Waals surface area contributed by atoms with Crippen LogP contribution in [0.5, 0.6) is 0 Å². The summed E-state index contributed by atoms with van der Waals surface area (Å²) in [5, 5.41) is 16.1. The predicted octanol–water partition coefficient (Wildman–Crippen LogP) is 2.26. The molecule has 0 spiro atoms. The highest BCUT2D eigenvalue weighted by Crippen LogP contribution is 2.18. The Kier molecular flexibility index (Phi) is 4.79. The molecule has 0 bridgehead atoms. The number of anilines is 1. The lowest BCUT2D eigenvalue weighted by Gasteiger charge is -2.30. The van der Waals surface area contributed by atoms with Gasteiger partial charge in [0.25, 0.3) is 0 Å². The van der Waals surface area contributed by atoms with Gasteiger partial charge < -0.3 is 15.3 Å². The normalized spacial score (nSPS) is 17.5. The van der Waals surface area contributed by atoms with Gasteiger partial charge in [0.1, 0.15) is 0 Å². The van der Waals surface area contributed by atoms with Crippen molar-refractivity contribution in [3.63, 3.8) is 0 Å². The summed E-state index contributed by atoms with van der Waals surface area (Å²) in [7, 11) is 0. The van der Waals surface area contributed by atoms with Crippen molar-refractivity contribution in [3.05, 3.63) is 48.3 Å². The molecule has 1 saturated heterocycles. The van der Waals surface area contributed by atoms with E-state index in [9.17, 15) is 9.59 Å². The van der Waals surface area contributed by atoms with E-state index in [-0.39, 0.29) is 12.6 Å². The number of nitrogens with one attached hydrogen (secondary N) is 1. The fraction of sp³-hybridized carbons (Fsp3) is 0.353. The van der Waals surface area contributed by atoms with Crippen molar-refractivity contribution in [2.45, 2.75) is 19.4 Å². The van der Waals surface area contributed by atoms with Crippen LogP contribution in [0, 0.1) is 5.92 Å². The fourth-order valence-corrected chi connectivity index (χ4v) is 2.85. The Bertz CT molecular complexity index is 714. The van der Waals surface area contributed by atoms with Crippen molar-refractivity contribution >= 4 is 17.7 Å². The number of hydrogen-bond acceptors (Lipinski definition) is 3. The van der Waals surface area contributed by atoms with Crippen LogP contribution in [0.2, 0.25) is 0 Å². The third kappa shape index (κ3) is 3.92. The molecule has 0 aliphatic carbocycles. The highest BCUT2D eigenvalue weighted by atomic mass is 16.4. The SMILES string of the molecule is O=C(O)C1CCCN(C(=O)Nc2cnn(Cc3ccccc3)c2)C1. The Hall–Kier alpha value is -2.83. The average molecular weight is 328 g/mol. The fourth-order valence-electron chi connectivity index (χ4n) is 2.85. The minimum absolute atomic E-state index is 0.249. The molecule has 1 aliphatic heterocycles. The van der Waals surface area contributed by atoms with Gasteiger partial charge in [0.2, 0.25) is 0 Å². The second kappa shape index (κ2) is 7.16. The topological polar surface area (TPSA) is 87.5 Å². The van der Waals surface area contributed by atoms with E-state index in [1.807, 2.05) is 30.3 Å². The Morgan fingerprint density at radius 1 is 1.29 bits per heavy atom. The molecular formula is C17H20N4O3. The lowest BCUT2D eigenvalue weighted by atomic mass is 9.99. The van der Waals surface area contributed by atoms with E-state index in [4.69, 9.17) is 5.11 Å². The number of aromatic nitrogens is 2. The van der Waals surface area contributed by atoms with Crippen LogP contribution in [0.1, 0.15) is 18.4 Å². The first-order valence-electron chi connectivity index (χ1n) is 7.97. The number of aliphatic carboxylic acids is 1. The molecule has 2 aromatic rings. The quantitative estimate of drug-likeness (QED) is 0.901. The smallest absolute Gasteiger partial charge is 0.321 e. The van der Waals surface area contributed by atoms with Gasteiger partial charge in [0, 0.05) is 19.3 Å². The predicted molar refractivity (Wildman–Crippen MR) is 88.7 cm³/mol. The molecule has 1 aliphatic rings. The average Bonchev–Trinajstić information content (AvgIpc) is 3.02. The van der Waals surface area contributed by atoms with E-state index in [0.717, 1.165) is 5.56 Å². The van der Waals surface area contributed by atoms with Crippen molar-refractivity contribution in [3.8, 4) is 0 Å². The summed E-state index contributed by atoms with van der Waals surface area (Å²) >= 11 is 0. The summed E-state index contributed by atoms with van der Waals surface area (Å²) < 4.78 is 1.75. The summed E-state index contributed by atoms with van der Waals surface area (Å²) in [5.74, 6) is -1.33. The zero-order chi connectivity index (χ0) is 16.9. The number of amides is 2. The molecule has 126 valence electrons. The van der Waals surface area contributed by atoms with Gasteiger partial charge in [0.15, 0.2) is 0 Å². The molecule has 1 fully saturated rings. The largest absolute Gasteiger partial charge is 0.481 e. The molecule has 1 aromatic carbocycles. The van der Waals surface area contributed by atoms with Crippen molar-refractivity contribution < 1.29 is 14.7 Å². The van der Waals surface area contributed by atoms with Gasteiger partial charge in [-0.1, -0.05) is 30.3 Å². The summed E-state index contributed by atoms with van der Waals surface area (Å²) in [6, 6.07) is 9.65. The second-order valence-corrected chi connectivity index (χ2v) is 5.97. The number of piperidine rings is 1. The molecule has 0 saturated carbocycles. The molecule has 24 heavy (non-hydrogen) atoms. The summed E-state index contributed by atoms with van der Waals surface area (Å²) in [5.41, 5.74) is 1.73. The van der Waals surface area contributed by atoms with Gasteiger partial charge in [-0.25, -0.2) is 4.79 Å². The van der Waals surface area contributed by atoms with Crippen molar-refractivity contribution in [2.24, 2.45) is 5.92 Å². The maximum Gasteiger partial charge on any atom is 0.321 e. The number of urea groups is 1. The van der Waals surface area contributed by atoms with Crippen LogP contribution in [-0.4, -0.2) is 44.9 Å². The second-order valence-electron chi connectivity index (χ2n) is 5.97. The lowest BCUT2D eigenvalue weighted by molar-refractivity contribution is -0.143. The Morgan fingerprint density at radius 2 is 2.08 bits per heavy atom. The highest BCUT2D eigenvalue weighted by Gasteiger charge is 2.28. The number of benzene rings is 1. The van der Waals surface area contributed by atoms with Crippen LogP contribution in [0.3, 0.4) is 0 Å². The van der Waals surface area contributed by atoms with Gasteiger partial charge in [-0.3, -0.25) is 9.48 Å². The number of nitrogens with zero attached hydrogens (tertiary/aromatic N) is 3. The van der Waals surface area contributed by atoms with Gasteiger partial charge >= 0.3 is 12.0 Å². The Labute approximate surface area is 139 Å². The number of carbonyl (C=O) groups is 2. The number of rotatable bonds is 4. The summed E-state index contributed by atoms with van der Waals surface area (Å²) in [6.07, 6.45) is 4.69. The Balaban J connectivity index is 1.58. The molecule has 0 radical (unpaired) electrons. The molecule has 2 N–H and O–H groups in total. The van der Waals surface area contributed by atoms with E-state index in [0.29, 0.717) is 31.6 Å². The van der Waals surface area contributed by atoms with Crippen LogP contribution >= 0.6 is 0 Å². The standard InChI is InChI=1S/C17H20N4O3/c22-16(23)14-7-4-8-20(11-14)17(24)19-15-9-18-21(12-15)10-13-5-2-1-3-6-13/h1-3,5-6,9,12,14H,4,7-8,10-11H2,(H,19,24)(H,22,23). The first kappa shape index (κ1) is 16.0. The molecule has 7 nitrogen and oxygen atoms in total. The van der Waals surface area contributed by atoms with Crippen LogP contribution in [-0.2, 0) is 11.3 Å². The van der Waals surface area contributed by atoms with E-state index >= 15 is 0 Å². The highest BCUT2D eigenvalue weighted by molar-refractivity contribution is 5.89. The lowest BCUT2D eigenvalue weighted by Crippen LogP contribution is -2.44. The van der Waals surface area contributed by atoms with Gasteiger partial charge in [-0.2, -0.15) is 5.10 Å². The first-order chi connectivity index (χ1) is 11.6. The Morgan fingerprint density at radius 3 is 2.83 bits per heavy atom. The first-order valence-corrected chi connectivity index (χ1v) is 7.97. The monoisotopic (exact) mass is 328 g/mol. The third-order valence-electron chi connectivity index (χ3n) is 4.13. The van der Waals surface area contributed by atoms with Gasteiger partial charge in [0.05, 0.1) is 24.3 Å².